The zero-order valence-corrected chi connectivity index (χ0v) is 8.06. The van der Waals surface area contributed by atoms with Crippen LogP contribution in [0.2, 0.25) is 0 Å². The number of rotatable bonds is 2. The first-order chi connectivity index (χ1) is 6.37. The number of nitrogens with zero attached hydrogens (tertiary/aromatic N) is 1. The van der Waals surface area contributed by atoms with Crippen LogP contribution < -0.4 is 11.5 Å². The molecule has 1 saturated heterocycles. The van der Waals surface area contributed by atoms with Crippen LogP contribution in [0.15, 0.2) is 0 Å². The van der Waals surface area contributed by atoms with Gasteiger partial charge in [0.15, 0.2) is 5.60 Å². The minimum atomic E-state index is -1.58. The van der Waals surface area contributed by atoms with E-state index in [0.717, 1.165) is 0 Å². The van der Waals surface area contributed by atoms with Crippen molar-refractivity contribution in [1.29, 1.82) is 0 Å². The van der Waals surface area contributed by atoms with Gasteiger partial charge in [0.25, 0.3) is 5.91 Å². The Bertz CT molecular complexity index is 267. The largest absolute Gasteiger partial charge is 0.378 e. The van der Waals surface area contributed by atoms with Crippen LogP contribution >= 0.6 is 0 Å². The molecule has 0 aromatic rings. The van der Waals surface area contributed by atoms with Crippen molar-refractivity contribution in [2.75, 3.05) is 13.1 Å². The van der Waals surface area contributed by atoms with E-state index in [1.807, 2.05) is 0 Å². The van der Waals surface area contributed by atoms with Crippen molar-refractivity contribution in [3.63, 3.8) is 0 Å². The van der Waals surface area contributed by atoms with Crippen molar-refractivity contribution < 1.29 is 14.7 Å². The Balaban J connectivity index is 2.66. The number of primary amides is 1. The van der Waals surface area contributed by atoms with Crippen LogP contribution in [0.5, 0.6) is 0 Å². The molecule has 6 heteroatoms. The van der Waals surface area contributed by atoms with Gasteiger partial charge in [-0.05, 0) is 6.92 Å². The summed E-state index contributed by atoms with van der Waals surface area (Å²) in [6, 6.07) is -0.620. The lowest BCUT2D eigenvalue weighted by Gasteiger charge is -2.21. The Morgan fingerprint density at radius 3 is 2.50 bits per heavy atom. The van der Waals surface area contributed by atoms with Gasteiger partial charge in [-0.3, -0.25) is 9.59 Å². The van der Waals surface area contributed by atoms with E-state index in [4.69, 9.17) is 11.5 Å². The summed E-state index contributed by atoms with van der Waals surface area (Å²) in [4.78, 5) is 23.6. The monoisotopic (exact) mass is 201 g/mol. The van der Waals surface area contributed by atoms with Gasteiger partial charge in [0.1, 0.15) is 0 Å². The first kappa shape index (κ1) is 10.9. The lowest BCUT2D eigenvalue weighted by atomic mass is 10.0. The second-order valence-corrected chi connectivity index (χ2v) is 3.69. The van der Waals surface area contributed by atoms with Crippen LogP contribution in [0, 0.1) is 0 Å². The second-order valence-electron chi connectivity index (χ2n) is 3.69. The summed E-state index contributed by atoms with van der Waals surface area (Å²) in [5.74, 6) is -1.07. The molecule has 0 aromatic carbocycles. The van der Waals surface area contributed by atoms with Gasteiger partial charge in [0, 0.05) is 13.0 Å². The van der Waals surface area contributed by atoms with E-state index in [1.54, 1.807) is 6.92 Å². The minimum Gasteiger partial charge on any atom is -0.378 e. The van der Waals surface area contributed by atoms with Gasteiger partial charge in [0.05, 0.1) is 12.6 Å². The Kier molecular flexibility index (Phi) is 2.77. The topological polar surface area (TPSA) is 110 Å². The van der Waals surface area contributed by atoms with Crippen molar-refractivity contribution in [1.82, 2.24) is 4.90 Å². The summed E-state index contributed by atoms with van der Waals surface area (Å²) in [7, 11) is 0. The van der Waals surface area contributed by atoms with Crippen molar-refractivity contribution in [2.24, 2.45) is 11.5 Å². The highest BCUT2D eigenvalue weighted by atomic mass is 16.3. The molecule has 1 fully saturated rings. The third-order valence-electron chi connectivity index (χ3n) is 2.41. The third-order valence-corrected chi connectivity index (χ3v) is 2.41. The number of hydrogen-bond donors (Lipinski definition) is 3. The third kappa shape index (κ3) is 1.85. The minimum absolute atomic E-state index is 0.0529. The van der Waals surface area contributed by atoms with Gasteiger partial charge < -0.3 is 21.5 Å². The maximum absolute atomic E-state index is 11.4. The van der Waals surface area contributed by atoms with E-state index in [0.29, 0.717) is 6.54 Å². The summed E-state index contributed by atoms with van der Waals surface area (Å²) < 4.78 is 0. The molecule has 0 spiro atoms. The van der Waals surface area contributed by atoms with Crippen molar-refractivity contribution in [3.05, 3.63) is 0 Å². The summed E-state index contributed by atoms with van der Waals surface area (Å²) in [6.07, 6.45) is 0.181. The predicted octanol–water partition coefficient (Wildman–Crippen LogP) is -2.22. The second kappa shape index (κ2) is 3.55. The Labute approximate surface area is 81.8 Å². The molecule has 0 bridgehead atoms. The summed E-state index contributed by atoms with van der Waals surface area (Å²) in [5.41, 5.74) is 8.82. The van der Waals surface area contributed by atoms with Crippen LogP contribution in [0.1, 0.15) is 13.3 Å². The number of nitrogens with two attached hydrogens (primary N) is 2. The van der Waals surface area contributed by atoms with Gasteiger partial charge in [-0.15, -0.1) is 0 Å². The summed E-state index contributed by atoms with van der Waals surface area (Å²) in [5, 5.41) is 9.66. The standard InChI is InChI=1S/C8H15N3O3/c1-5(9)6(12)11-3-2-8(14,4-11)7(10)13/h5,14H,2-4,9H2,1H3,(H2,10,13). The Morgan fingerprint density at radius 2 is 2.14 bits per heavy atom. The fraction of sp³-hybridized carbons (Fsp3) is 0.750. The van der Waals surface area contributed by atoms with Crippen LogP contribution in [0.25, 0.3) is 0 Å². The molecular weight excluding hydrogens is 186 g/mol. The average molecular weight is 201 g/mol. The first-order valence-electron chi connectivity index (χ1n) is 4.43. The van der Waals surface area contributed by atoms with E-state index in [9.17, 15) is 14.7 Å². The van der Waals surface area contributed by atoms with Gasteiger partial charge in [-0.25, -0.2) is 0 Å². The molecule has 2 atom stereocenters. The molecule has 6 nitrogen and oxygen atoms in total. The number of β-amino-alcohol motifs (C(OH)–C–C–N with tert-alkyl or cyclic N) is 1. The smallest absolute Gasteiger partial charge is 0.251 e. The number of amides is 2. The lowest BCUT2D eigenvalue weighted by Crippen LogP contribution is -2.48. The van der Waals surface area contributed by atoms with Gasteiger partial charge in [-0.1, -0.05) is 0 Å². The molecular formula is C8H15N3O3. The molecule has 1 aliphatic heterocycles. The fourth-order valence-electron chi connectivity index (χ4n) is 1.47. The molecule has 5 N–H and O–H groups in total. The van der Waals surface area contributed by atoms with Crippen LogP contribution in [0.3, 0.4) is 0 Å². The zero-order chi connectivity index (χ0) is 10.9. The highest BCUT2D eigenvalue weighted by Gasteiger charge is 2.43. The SMILES string of the molecule is CC(N)C(=O)N1CCC(O)(C(N)=O)C1. The van der Waals surface area contributed by atoms with Crippen molar-refractivity contribution in [2.45, 2.75) is 25.0 Å². The number of carbonyl (C=O) groups excluding carboxylic acids is 2. The maximum Gasteiger partial charge on any atom is 0.251 e. The van der Waals surface area contributed by atoms with Crippen molar-refractivity contribution in [3.8, 4) is 0 Å². The molecule has 0 radical (unpaired) electrons. The van der Waals surface area contributed by atoms with E-state index in [2.05, 4.69) is 0 Å². The average Bonchev–Trinajstić information content (AvgIpc) is 2.48. The number of aliphatic hydroxyl groups is 1. The first-order valence-corrected chi connectivity index (χ1v) is 4.43. The van der Waals surface area contributed by atoms with Crippen LogP contribution in [-0.2, 0) is 9.59 Å². The lowest BCUT2D eigenvalue weighted by molar-refractivity contribution is -0.137. The van der Waals surface area contributed by atoms with Crippen molar-refractivity contribution >= 4 is 11.8 Å². The molecule has 14 heavy (non-hydrogen) atoms. The quantitative estimate of drug-likeness (QED) is 0.470. The fourth-order valence-corrected chi connectivity index (χ4v) is 1.47. The molecule has 0 aromatic heterocycles. The van der Waals surface area contributed by atoms with Gasteiger partial charge >= 0.3 is 0 Å². The Morgan fingerprint density at radius 1 is 1.57 bits per heavy atom. The number of carbonyl (C=O) groups is 2. The molecule has 1 rings (SSSR count). The van der Waals surface area contributed by atoms with Crippen LogP contribution in [0.4, 0.5) is 0 Å². The highest BCUT2D eigenvalue weighted by molar-refractivity contribution is 5.87. The molecule has 2 unspecified atom stereocenters. The van der Waals surface area contributed by atoms with Gasteiger partial charge in [-0.2, -0.15) is 0 Å². The zero-order valence-electron chi connectivity index (χ0n) is 8.06. The van der Waals surface area contributed by atoms with E-state index in [-0.39, 0.29) is 18.9 Å². The Hall–Kier alpha value is -1.14. The molecule has 2 amide bonds. The number of likely N-dealkylation sites (tertiary alicyclic amines) is 1. The van der Waals surface area contributed by atoms with Gasteiger partial charge in [0.2, 0.25) is 5.91 Å². The van der Waals surface area contributed by atoms with Crippen LogP contribution in [-0.4, -0.2) is 46.6 Å². The molecule has 0 aliphatic carbocycles. The van der Waals surface area contributed by atoms with E-state index >= 15 is 0 Å². The summed E-state index contributed by atoms with van der Waals surface area (Å²) in [6.45, 7) is 1.83. The maximum atomic E-state index is 11.4. The van der Waals surface area contributed by atoms with E-state index in [1.165, 1.54) is 4.90 Å². The highest BCUT2D eigenvalue weighted by Crippen LogP contribution is 2.21. The number of hydrogen-bond acceptors (Lipinski definition) is 4. The molecule has 0 saturated carbocycles. The molecule has 1 aliphatic rings. The van der Waals surface area contributed by atoms with E-state index < -0.39 is 17.6 Å². The normalized spacial score (nSPS) is 28.9. The summed E-state index contributed by atoms with van der Waals surface area (Å²) >= 11 is 0. The predicted molar refractivity (Wildman–Crippen MR) is 49.0 cm³/mol. The molecule has 1 heterocycles. The molecule has 80 valence electrons.